The third-order valence-corrected chi connectivity index (χ3v) is 5.69. The van der Waals surface area contributed by atoms with E-state index in [0.717, 1.165) is 24.8 Å². The fourth-order valence-electron chi connectivity index (χ4n) is 2.93. The van der Waals surface area contributed by atoms with E-state index in [2.05, 4.69) is 17.1 Å². The molecule has 2 aromatic rings. The number of carbonyl (C=O) groups is 1. The summed E-state index contributed by atoms with van der Waals surface area (Å²) in [7, 11) is 0. The minimum atomic E-state index is -0.450. The SMILES string of the molecule is CCCCC1S/C(=N\N=C\c2cccc([N+](=O)[O-])c2)N(Cc2ccccc2)C1=O. The molecule has 0 aliphatic carbocycles. The Labute approximate surface area is 173 Å². The summed E-state index contributed by atoms with van der Waals surface area (Å²) in [5.74, 6) is 0.0524. The Kier molecular flexibility index (Phi) is 7.13. The highest BCUT2D eigenvalue weighted by atomic mass is 32.2. The quantitative estimate of drug-likeness (QED) is 0.361. The summed E-state index contributed by atoms with van der Waals surface area (Å²) < 4.78 is 0. The van der Waals surface area contributed by atoms with Crippen LogP contribution in [0.1, 0.15) is 37.3 Å². The molecule has 1 amide bonds. The number of amides is 1. The molecule has 150 valence electrons. The molecule has 1 heterocycles. The van der Waals surface area contributed by atoms with Crippen LogP contribution in [0.2, 0.25) is 0 Å². The van der Waals surface area contributed by atoms with Gasteiger partial charge in [-0.15, -0.1) is 5.10 Å². The summed E-state index contributed by atoms with van der Waals surface area (Å²) in [5, 5.41) is 19.7. The monoisotopic (exact) mass is 410 g/mol. The fraction of sp³-hybridized carbons (Fsp3) is 0.286. The third kappa shape index (κ3) is 5.51. The zero-order chi connectivity index (χ0) is 20.6. The van der Waals surface area contributed by atoms with Crippen LogP contribution in [-0.2, 0) is 11.3 Å². The van der Waals surface area contributed by atoms with Crippen LogP contribution < -0.4 is 0 Å². The summed E-state index contributed by atoms with van der Waals surface area (Å²) in [6.45, 7) is 2.55. The molecule has 1 aliphatic heterocycles. The number of nitrogens with zero attached hydrogens (tertiary/aromatic N) is 4. The van der Waals surface area contributed by atoms with Gasteiger partial charge in [-0.3, -0.25) is 19.8 Å². The zero-order valence-corrected chi connectivity index (χ0v) is 16.9. The number of hydrogen-bond acceptors (Lipinski definition) is 6. The minimum absolute atomic E-state index is 0.00245. The molecule has 3 rings (SSSR count). The number of benzene rings is 2. The van der Waals surface area contributed by atoms with Crippen molar-refractivity contribution < 1.29 is 9.72 Å². The molecular formula is C21H22N4O3S. The molecule has 0 N–H and O–H groups in total. The van der Waals surface area contributed by atoms with Crippen molar-refractivity contribution in [3.8, 4) is 0 Å². The maximum atomic E-state index is 12.9. The lowest BCUT2D eigenvalue weighted by molar-refractivity contribution is -0.384. The molecular weight excluding hydrogens is 388 g/mol. The van der Waals surface area contributed by atoms with Gasteiger partial charge in [0.2, 0.25) is 5.91 Å². The summed E-state index contributed by atoms with van der Waals surface area (Å²) in [4.78, 5) is 25.0. The first-order chi connectivity index (χ1) is 14.1. The standard InChI is InChI=1S/C21H22N4O3S/c1-2-3-12-19-20(26)24(15-16-8-5-4-6-9-16)21(29-19)23-22-14-17-10-7-11-18(13-17)25(27)28/h4-11,13-14,19H,2-3,12,15H2,1H3/b22-14+,23-21-. The Morgan fingerprint density at radius 2 is 2.00 bits per heavy atom. The fourth-order valence-corrected chi connectivity index (χ4v) is 4.08. The van der Waals surface area contributed by atoms with Crippen LogP contribution >= 0.6 is 11.8 Å². The highest BCUT2D eigenvalue weighted by molar-refractivity contribution is 8.15. The number of unbranched alkanes of at least 4 members (excludes halogenated alkanes) is 1. The van der Waals surface area contributed by atoms with Crippen LogP contribution in [-0.4, -0.2) is 32.4 Å². The van der Waals surface area contributed by atoms with Gasteiger partial charge in [0.25, 0.3) is 5.69 Å². The Balaban J connectivity index is 1.80. The Hall–Kier alpha value is -3.00. The highest BCUT2D eigenvalue weighted by Crippen LogP contribution is 2.32. The first kappa shape index (κ1) is 20.7. The van der Waals surface area contributed by atoms with Gasteiger partial charge in [0.15, 0.2) is 5.17 Å². The zero-order valence-electron chi connectivity index (χ0n) is 16.1. The van der Waals surface area contributed by atoms with Crippen LogP contribution in [0.3, 0.4) is 0 Å². The number of non-ortho nitro benzene ring substituents is 1. The number of nitro groups is 1. The van der Waals surface area contributed by atoms with Gasteiger partial charge in [0.1, 0.15) is 0 Å². The van der Waals surface area contributed by atoms with E-state index in [-0.39, 0.29) is 16.8 Å². The van der Waals surface area contributed by atoms with Gasteiger partial charge in [0, 0.05) is 17.7 Å². The highest BCUT2D eigenvalue weighted by Gasteiger charge is 2.37. The van der Waals surface area contributed by atoms with Crippen molar-refractivity contribution in [2.45, 2.75) is 38.0 Å². The van der Waals surface area contributed by atoms with Gasteiger partial charge in [-0.1, -0.05) is 74.0 Å². The summed E-state index contributed by atoms with van der Waals surface area (Å²) in [6, 6.07) is 15.9. The van der Waals surface area contributed by atoms with Crippen molar-refractivity contribution in [2.75, 3.05) is 0 Å². The van der Waals surface area contributed by atoms with Crippen LogP contribution in [0, 0.1) is 10.1 Å². The van der Waals surface area contributed by atoms with Gasteiger partial charge in [-0.2, -0.15) is 5.10 Å². The van der Waals surface area contributed by atoms with Crippen molar-refractivity contribution in [3.63, 3.8) is 0 Å². The molecule has 1 saturated heterocycles. The van der Waals surface area contributed by atoms with Crippen LogP contribution in [0.25, 0.3) is 0 Å². The molecule has 0 aromatic heterocycles. The van der Waals surface area contributed by atoms with Gasteiger partial charge >= 0.3 is 0 Å². The molecule has 7 nitrogen and oxygen atoms in total. The van der Waals surface area contributed by atoms with E-state index in [4.69, 9.17) is 0 Å². The number of carbonyl (C=O) groups excluding carboxylic acids is 1. The van der Waals surface area contributed by atoms with Crippen molar-refractivity contribution in [1.29, 1.82) is 0 Å². The number of hydrogen-bond donors (Lipinski definition) is 0. The first-order valence-electron chi connectivity index (χ1n) is 9.46. The van der Waals surface area contributed by atoms with E-state index in [9.17, 15) is 14.9 Å². The molecule has 1 aliphatic rings. The molecule has 29 heavy (non-hydrogen) atoms. The smallest absolute Gasteiger partial charge is 0.270 e. The number of amidine groups is 1. The van der Waals surface area contributed by atoms with Crippen LogP contribution in [0.4, 0.5) is 5.69 Å². The second-order valence-corrected chi connectivity index (χ2v) is 7.81. The lowest BCUT2D eigenvalue weighted by Crippen LogP contribution is -2.31. The topological polar surface area (TPSA) is 88.2 Å². The minimum Gasteiger partial charge on any atom is -0.284 e. The molecule has 8 heteroatoms. The first-order valence-corrected chi connectivity index (χ1v) is 10.3. The van der Waals surface area contributed by atoms with E-state index in [1.54, 1.807) is 17.0 Å². The molecule has 0 bridgehead atoms. The van der Waals surface area contributed by atoms with Crippen LogP contribution in [0.5, 0.6) is 0 Å². The molecule has 2 aromatic carbocycles. The van der Waals surface area contributed by atoms with Crippen molar-refractivity contribution in [1.82, 2.24) is 4.90 Å². The van der Waals surface area contributed by atoms with E-state index < -0.39 is 4.92 Å². The van der Waals surface area contributed by atoms with Gasteiger partial charge in [0.05, 0.1) is 22.9 Å². The molecule has 0 saturated carbocycles. The maximum absolute atomic E-state index is 12.9. The largest absolute Gasteiger partial charge is 0.284 e. The second kappa shape index (κ2) is 9.97. The van der Waals surface area contributed by atoms with Crippen LogP contribution in [0.15, 0.2) is 64.8 Å². The van der Waals surface area contributed by atoms with E-state index >= 15 is 0 Å². The average Bonchev–Trinajstić information content (AvgIpc) is 3.02. The molecule has 0 spiro atoms. The summed E-state index contributed by atoms with van der Waals surface area (Å²) >= 11 is 1.43. The second-order valence-electron chi connectivity index (χ2n) is 6.64. The van der Waals surface area contributed by atoms with Gasteiger partial charge in [-0.05, 0) is 12.0 Å². The Morgan fingerprint density at radius 3 is 2.72 bits per heavy atom. The van der Waals surface area contributed by atoms with Gasteiger partial charge in [-0.25, -0.2) is 0 Å². The van der Waals surface area contributed by atoms with E-state index in [0.29, 0.717) is 17.3 Å². The van der Waals surface area contributed by atoms with Gasteiger partial charge < -0.3 is 0 Å². The summed E-state index contributed by atoms with van der Waals surface area (Å²) in [6.07, 6.45) is 4.28. The van der Waals surface area contributed by atoms with E-state index in [1.807, 2.05) is 30.3 Å². The lowest BCUT2D eigenvalue weighted by atomic mass is 10.1. The average molecular weight is 410 g/mol. The van der Waals surface area contributed by atoms with Crippen molar-refractivity contribution in [2.24, 2.45) is 10.2 Å². The third-order valence-electron chi connectivity index (χ3n) is 4.45. The molecule has 0 radical (unpaired) electrons. The lowest BCUT2D eigenvalue weighted by Gasteiger charge is -2.15. The van der Waals surface area contributed by atoms with E-state index in [1.165, 1.54) is 30.1 Å². The Morgan fingerprint density at radius 1 is 1.21 bits per heavy atom. The molecule has 1 fully saturated rings. The summed E-state index contributed by atoms with van der Waals surface area (Å²) in [5.41, 5.74) is 1.60. The number of thioether (sulfide) groups is 1. The maximum Gasteiger partial charge on any atom is 0.270 e. The number of rotatable bonds is 8. The predicted octanol–water partition coefficient (Wildman–Crippen LogP) is 4.62. The van der Waals surface area contributed by atoms with Crippen molar-refractivity contribution >= 4 is 34.7 Å². The normalized spacial score (nSPS) is 18.1. The Bertz CT molecular complexity index is 931. The molecule has 1 atom stereocenters. The van der Waals surface area contributed by atoms with Crippen molar-refractivity contribution in [3.05, 3.63) is 75.8 Å². The number of nitro benzene ring substituents is 1. The predicted molar refractivity (Wildman–Crippen MR) is 116 cm³/mol. The molecule has 1 unspecified atom stereocenters.